The number of rotatable bonds is 4. The second kappa shape index (κ2) is 5.48. The molecule has 0 amide bonds. The molecule has 5 nitrogen and oxygen atoms in total. The maximum atomic E-state index is 5.68. The topological polar surface area (TPSA) is 65.1 Å². The summed E-state index contributed by atoms with van der Waals surface area (Å²) in [5.41, 5.74) is 5.03. The van der Waals surface area contributed by atoms with Crippen LogP contribution in [0.5, 0.6) is 0 Å². The zero-order valence-electron chi connectivity index (χ0n) is 10.2. The quantitative estimate of drug-likeness (QED) is 0.644. The van der Waals surface area contributed by atoms with E-state index in [-0.39, 0.29) is 12.1 Å². The van der Waals surface area contributed by atoms with E-state index in [9.17, 15) is 0 Å². The first-order valence-corrected chi connectivity index (χ1v) is 6.68. The van der Waals surface area contributed by atoms with Crippen LogP contribution in [-0.4, -0.2) is 28.5 Å². The monoisotopic (exact) mass is 302 g/mol. The molecule has 2 atom stereocenters. The van der Waals surface area contributed by atoms with E-state index >= 15 is 0 Å². The van der Waals surface area contributed by atoms with E-state index in [2.05, 4.69) is 26.5 Å². The third kappa shape index (κ3) is 2.70. The standard InChI is InChI=1S/C11H19BrN4O/c1-7-11(12)9(16(2)15-7)6-8(14-13)10-4-3-5-17-10/h8,10,14H,3-6,13H2,1-2H3. The Labute approximate surface area is 110 Å². The van der Waals surface area contributed by atoms with Crippen LogP contribution in [0.3, 0.4) is 0 Å². The fourth-order valence-electron chi connectivity index (χ4n) is 2.33. The van der Waals surface area contributed by atoms with Crippen LogP contribution in [-0.2, 0) is 18.2 Å². The van der Waals surface area contributed by atoms with E-state index in [0.29, 0.717) is 0 Å². The molecule has 96 valence electrons. The van der Waals surface area contributed by atoms with Crippen LogP contribution in [0.25, 0.3) is 0 Å². The van der Waals surface area contributed by atoms with Crippen molar-refractivity contribution in [3.63, 3.8) is 0 Å². The zero-order valence-corrected chi connectivity index (χ0v) is 11.8. The van der Waals surface area contributed by atoms with Crippen molar-refractivity contribution in [3.05, 3.63) is 15.9 Å². The minimum atomic E-state index is 0.142. The summed E-state index contributed by atoms with van der Waals surface area (Å²) >= 11 is 3.57. The molecule has 0 aliphatic carbocycles. The molecule has 3 N–H and O–H groups in total. The Morgan fingerprint density at radius 2 is 2.47 bits per heavy atom. The van der Waals surface area contributed by atoms with Crippen LogP contribution < -0.4 is 11.3 Å². The van der Waals surface area contributed by atoms with Gasteiger partial charge in [-0.1, -0.05) is 0 Å². The summed E-state index contributed by atoms with van der Waals surface area (Å²) in [6.07, 6.45) is 3.22. The summed E-state index contributed by atoms with van der Waals surface area (Å²) in [5, 5.41) is 4.38. The minimum absolute atomic E-state index is 0.142. The molecule has 0 saturated carbocycles. The lowest BCUT2D eigenvalue weighted by Gasteiger charge is -2.22. The largest absolute Gasteiger partial charge is 0.377 e. The van der Waals surface area contributed by atoms with Gasteiger partial charge in [-0.2, -0.15) is 5.10 Å². The number of hydrazine groups is 1. The second-order valence-corrected chi connectivity index (χ2v) is 5.29. The van der Waals surface area contributed by atoms with E-state index in [0.717, 1.165) is 41.7 Å². The van der Waals surface area contributed by atoms with Crippen molar-refractivity contribution in [2.75, 3.05) is 6.61 Å². The van der Waals surface area contributed by atoms with Crippen LogP contribution in [0.2, 0.25) is 0 Å². The third-order valence-electron chi connectivity index (χ3n) is 3.30. The average Bonchev–Trinajstić information content (AvgIpc) is 2.89. The van der Waals surface area contributed by atoms with Crippen LogP contribution in [0, 0.1) is 6.92 Å². The molecule has 1 aliphatic heterocycles. The van der Waals surface area contributed by atoms with Gasteiger partial charge in [0.15, 0.2) is 0 Å². The lowest BCUT2D eigenvalue weighted by molar-refractivity contribution is 0.0778. The first-order valence-electron chi connectivity index (χ1n) is 5.89. The van der Waals surface area contributed by atoms with Crippen LogP contribution in [0.1, 0.15) is 24.2 Å². The van der Waals surface area contributed by atoms with Gasteiger partial charge in [-0.25, -0.2) is 0 Å². The van der Waals surface area contributed by atoms with Crippen molar-refractivity contribution in [3.8, 4) is 0 Å². The van der Waals surface area contributed by atoms with Crippen molar-refractivity contribution < 1.29 is 4.74 Å². The van der Waals surface area contributed by atoms with E-state index in [4.69, 9.17) is 10.6 Å². The molecule has 0 bridgehead atoms. The lowest BCUT2D eigenvalue weighted by atomic mass is 10.0. The van der Waals surface area contributed by atoms with Crippen LogP contribution in [0.15, 0.2) is 4.47 Å². The number of nitrogens with one attached hydrogen (secondary N) is 1. The van der Waals surface area contributed by atoms with Crippen LogP contribution >= 0.6 is 15.9 Å². The average molecular weight is 303 g/mol. The molecule has 2 rings (SSSR count). The van der Waals surface area contributed by atoms with E-state index in [1.54, 1.807) is 0 Å². The molecule has 1 fully saturated rings. The van der Waals surface area contributed by atoms with Gasteiger partial charge in [0.25, 0.3) is 0 Å². The number of ether oxygens (including phenoxy) is 1. The molecule has 1 aliphatic rings. The number of hydrogen-bond acceptors (Lipinski definition) is 4. The van der Waals surface area contributed by atoms with Crippen molar-refractivity contribution >= 4 is 15.9 Å². The first-order chi connectivity index (χ1) is 8.13. The van der Waals surface area contributed by atoms with Crippen molar-refractivity contribution in [2.24, 2.45) is 12.9 Å². The van der Waals surface area contributed by atoms with Crippen molar-refractivity contribution in [1.82, 2.24) is 15.2 Å². The number of aromatic nitrogens is 2. The highest BCUT2D eigenvalue weighted by Gasteiger charge is 2.27. The van der Waals surface area contributed by atoms with Gasteiger partial charge in [-0.15, -0.1) is 0 Å². The third-order valence-corrected chi connectivity index (χ3v) is 4.33. The summed E-state index contributed by atoms with van der Waals surface area (Å²) < 4.78 is 8.65. The second-order valence-electron chi connectivity index (χ2n) is 4.50. The molecular weight excluding hydrogens is 284 g/mol. The van der Waals surface area contributed by atoms with Gasteiger partial charge in [-0.3, -0.25) is 16.0 Å². The summed E-state index contributed by atoms with van der Waals surface area (Å²) in [6, 6.07) is 0.142. The Bertz CT molecular complexity index is 387. The fraction of sp³-hybridized carbons (Fsp3) is 0.727. The van der Waals surface area contributed by atoms with Gasteiger partial charge in [0.2, 0.25) is 0 Å². The highest BCUT2D eigenvalue weighted by Crippen LogP contribution is 2.24. The molecule has 1 aromatic heterocycles. The molecule has 2 heterocycles. The maximum absolute atomic E-state index is 5.68. The van der Waals surface area contributed by atoms with Crippen molar-refractivity contribution in [1.29, 1.82) is 0 Å². The van der Waals surface area contributed by atoms with Gasteiger partial charge >= 0.3 is 0 Å². The lowest BCUT2D eigenvalue weighted by Crippen LogP contribution is -2.45. The minimum Gasteiger partial charge on any atom is -0.377 e. The highest BCUT2D eigenvalue weighted by molar-refractivity contribution is 9.10. The Morgan fingerprint density at radius 1 is 1.71 bits per heavy atom. The Kier molecular flexibility index (Phi) is 4.19. The summed E-state index contributed by atoms with van der Waals surface area (Å²) in [6.45, 7) is 2.83. The van der Waals surface area contributed by atoms with Gasteiger partial charge in [-0.05, 0) is 35.7 Å². The van der Waals surface area contributed by atoms with Gasteiger partial charge in [0.1, 0.15) is 0 Å². The number of nitrogens with zero attached hydrogens (tertiary/aromatic N) is 2. The molecule has 0 radical (unpaired) electrons. The molecule has 0 aromatic carbocycles. The van der Waals surface area contributed by atoms with Gasteiger partial charge in [0, 0.05) is 20.1 Å². The Morgan fingerprint density at radius 3 is 2.94 bits per heavy atom. The van der Waals surface area contributed by atoms with E-state index < -0.39 is 0 Å². The predicted molar refractivity (Wildman–Crippen MR) is 69.4 cm³/mol. The summed E-state index contributed by atoms with van der Waals surface area (Å²) in [5.74, 6) is 5.63. The highest BCUT2D eigenvalue weighted by atomic mass is 79.9. The SMILES string of the molecule is Cc1nn(C)c(CC(NN)C2CCCO2)c1Br. The normalized spacial score (nSPS) is 22.0. The van der Waals surface area contributed by atoms with Gasteiger partial charge < -0.3 is 4.74 Å². The summed E-state index contributed by atoms with van der Waals surface area (Å²) in [4.78, 5) is 0. The Balaban J connectivity index is 2.12. The molecule has 6 heteroatoms. The zero-order chi connectivity index (χ0) is 12.4. The molecule has 17 heavy (non-hydrogen) atoms. The molecule has 0 spiro atoms. The maximum Gasteiger partial charge on any atom is 0.0746 e. The molecule has 2 unspecified atom stereocenters. The number of nitrogens with two attached hydrogens (primary N) is 1. The van der Waals surface area contributed by atoms with Crippen LogP contribution in [0.4, 0.5) is 0 Å². The first kappa shape index (κ1) is 13.0. The smallest absolute Gasteiger partial charge is 0.0746 e. The van der Waals surface area contributed by atoms with E-state index in [1.165, 1.54) is 0 Å². The molecular formula is C11H19BrN4O. The fourth-order valence-corrected chi connectivity index (χ4v) is 2.83. The molecule has 1 saturated heterocycles. The number of hydrogen-bond donors (Lipinski definition) is 2. The van der Waals surface area contributed by atoms with Gasteiger partial charge in [0.05, 0.1) is 28.0 Å². The van der Waals surface area contributed by atoms with E-state index in [1.807, 2.05) is 18.7 Å². The predicted octanol–water partition coefficient (Wildman–Crippen LogP) is 1.04. The summed E-state index contributed by atoms with van der Waals surface area (Å²) in [7, 11) is 1.95. The number of aryl methyl sites for hydroxylation is 2. The Hall–Kier alpha value is -0.430. The molecule has 1 aromatic rings. The number of halogens is 1. The van der Waals surface area contributed by atoms with Crippen molar-refractivity contribution in [2.45, 2.75) is 38.3 Å².